The van der Waals surface area contributed by atoms with Crippen molar-refractivity contribution in [1.29, 1.82) is 0 Å². The van der Waals surface area contributed by atoms with Crippen LogP contribution in [-0.4, -0.2) is 163 Å². The minimum absolute atomic E-state index is 0.00537. The van der Waals surface area contributed by atoms with E-state index in [1.807, 2.05) is 158 Å². The fourth-order valence-corrected chi connectivity index (χ4v) is 15.6. The first-order valence-electron chi connectivity index (χ1n) is 45.7. The molecule has 3 N–H and O–H groups in total. The summed E-state index contributed by atoms with van der Waals surface area (Å²) in [7, 11) is 0. The van der Waals surface area contributed by atoms with Crippen LogP contribution in [-0.2, 0) is 22.6 Å². The molecule has 12 aromatic carbocycles. The van der Waals surface area contributed by atoms with Crippen molar-refractivity contribution in [3.8, 4) is 190 Å². The number of carbonyl (C=O) groups excluding carboxylic acids is 2. The average Bonchev–Trinajstić information content (AvgIpc) is 1.67. The molecule has 0 radical (unpaired) electrons. The second kappa shape index (κ2) is 45.0. The lowest BCUT2D eigenvalue weighted by atomic mass is 10.1. The van der Waals surface area contributed by atoms with Gasteiger partial charge in [-0.15, -0.1) is 0 Å². The molecule has 13 aliphatic rings. The SMILES string of the molecule is O=C(COc1ccc2c(c1)OCO2)NCc1ccc2c(c1)OCO2.O=C(COc1ccc2c(c1)OCO2)Nc1ccc2c(c1)OCO2.OC(CCCc1ccc2c(c1)OCO2)COc1ccc2c(c1)OCO2.c1cc2c(cc1OCCCOc1ccc3c(c1)OCO3)OCO2.c1cc2c(cc1OCCOc1ccc3c(c1)OCO3)OCO2.c1cc2c(cc1O[C@@H]1CCC[C@H]1Oc1ccc3c(c1)OCO3)OCO2. The zero-order chi connectivity index (χ0) is 96.0. The van der Waals surface area contributed by atoms with E-state index in [1.54, 1.807) is 60.7 Å². The molecule has 12 aliphatic heterocycles. The van der Waals surface area contributed by atoms with Gasteiger partial charge in [0.25, 0.3) is 11.8 Å². The summed E-state index contributed by atoms with van der Waals surface area (Å²) in [6, 6.07) is 65.8. The third-order valence-electron chi connectivity index (χ3n) is 22.7. The molecule has 1 unspecified atom stereocenters. The Morgan fingerprint density at radius 1 is 0.268 bits per heavy atom. The minimum atomic E-state index is -0.514. The van der Waals surface area contributed by atoms with E-state index in [9.17, 15) is 14.7 Å². The first-order chi connectivity index (χ1) is 69.9. The van der Waals surface area contributed by atoms with E-state index >= 15 is 0 Å². The maximum atomic E-state index is 12.0. The van der Waals surface area contributed by atoms with Gasteiger partial charge in [-0.25, -0.2) is 0 Å². The summed E-state index contributed by atoms with van der Waals surface area (Å²) in [5, 5.41) is 15.6. The lowest BCUT2D eigenvalue weighted by Crippen LogP contribution is -2.31. The molecule has 38 nitrogen and oxygen atoms in total. The third-order valence-corrected chi connectivity index (χ3v) is 22.7. The number of nitrogens with one attached hydrogen (secondary N) is 2. The predicted molar refractivity (Wildman–Crippen MR) is 496 cm³/mol. The van der Waals surface area contributed by atoms with Crippen LogP contribution in [0.3, 0.4) is 0 Å². The number of aryl methyl sites for hydroxylation is 1. The topological polar surface area (TPSA) is 383 Å². The van der Waals surface area contributed by atoms with Gasteiger partial charge in [-0.1, -0.05) is 12.1 Å². The molecule has 1 aliphatic carbocycles. The van der Waals surface area contributed by atoms with Gasteiger partial charge in [0, 0.05) is 79.3 Å². The number of anilines is 1. The van der Waals surface area contributed by atoms with Gasteiger partial charge in [0.2, 0.25) is 81.5 Å². The Hall–Kier alpha value is -17.1. The molecule has 0 spiro atoms. The molecule has 0 bridgehead atoms. The molecule has 12 aromatic rings. The first-order valence-corrected chi connectivity index (χ1v) is 45.7. The second-order valence-electron chi connectivity index (χ2n) is 32.3. The first kappa shape index (κ1) is 92.6. The number of hydrogen-bond donors (Lipinski definition) is 3. The van der Waals surface area contributed by atoms with E-state index in [0.717, 1.165) is 159 Å². The number of carbonyl (C=O) groups is 2. The van der Waals surface area contributed by atoms with E-state index in [4.69, 9.17) is 156 Å². The molecule has 3 atom stereocenters. The second-order valence-corrected chi connectivity index (χ2v) is 32.3. The number of rotatable bonds is 31. The molecule has 0 saturated heterocycles. The molecule has 738 valence electrons. The molecule has 12 heterocycles. The van der Waals surface area contributed by atoms with E-state index in [0.29, 0.717) is 120 Å². The Labute approximate surface area is 812 Å². The van der Waals surface area contributed by atoms with Crippen LogP contribution in [0.15, 0.2) is 218 Å². The summed E-state index contributed by atoms with van der Waals surface area (Å²) in [5.41, 5.74) is 2.72. The van der Waals surface area contributed by atoms with Crippen LogP contribution >= 0.6 is 0 Å². The quantitative estimate of drug-likeness (QED) is 0.0340. The normalized spacial score (nSPS) is 15.7. The third kappa shape index (κ3) is 24.4. The molecular weight excluding hydrogens is 1850 g/mol. The lowest BCUT2D eigenvalue weighted by Gasteiger charge is -2.22. The van der Waals surface area contributed by atoms with Crippen molar-refractivity contribution in [1.82, 2.24) is 5.32 Å². The van der Waals surface area contributed by atoms with Crippen molar-refractivity contribution < 1.29 is 171 Å². The van der Waals surface area contributed by atoms with Gasteiger partial charge in [0.05, 0.1) is 19.3 Å². The Morgan fingerprint density at radius 3 is 0.880 bits per heavy atom. The van der Waals surface area contributed by atoms with Gasteiger partial charge in [-0.05, 0) is 195 Å². The number of ether oxygens (including phenoxy) is 33. The van der Waals surface area contributed by atoms with Crippen molar-refractivity contribution in [3.05, 3.63) is 230 Å². The van der Waals surface area contributed by atoms with Crippen LogP contribution < -0.4 is 167 Å². The Morgan fingerprint density at radius 2 is 0.528 bits per heavy atom. The van der Waals surface area contributed by atoms with Gasteiger partial charge in [0.15, 0.2) is 151 Å². The van der Waals surface area contributed by atoms with Crippen molar-refractivity contribution >= 4 is 17.5 Å². The summed E-state index contributed by atoms with van der Waals surface area (Å²) in [6.45, 7) is 5.33. The van der Waals surface area contributed by atoms with Gasteiger partial charge < -0.3 is 172 Å². The molecule has 142 heavy (non-hydrogen) atoms. The fraction of sp³-hybridized carbons (Fsp3) is 0.288. The molecule has 25 rings (SSSR count). The highest BCUT2D eigenvalue weighted by Gasteiger charge is 2.33. The summed E-state index contributed by atoms with van der Waals surface area (Å²) < 4.78 is 178. The standard InChI is InChI=1S/C19H18O6.C19H20O6.C17H15NO6.C17H16O6.C16H13NO6.C16H14O6/c1-2-16(24-12-4-6-14-18(8-12)22-10-20-14)17(3-1)25-13-5-7-15-19(9-13)23-11-21-15;20-14(10-21-15-5-7-17-19(9-15)25-12-23-17)3-1-2-13-4-6-16-18(8-13)24-11-22-16;19-17(8-20-12-2-4-14-16(6-12)24-10-22-14)18-7-11-1-3-13-15(5-11)23-9-21-13;1(6-18-12-2-4-14-16(8-12)22-10-20-14)7-19-13-3-5-15-17(9-13)23-11-21-15;18-16(17-10-1-3-12-14(5-10)22-8-20-12)7-19-11-2-4-13-15(6-11)23-9-21-13;1-3-13-15(21-9-19-13)7-11(1)17-5-6-18-12-2-4-14-16(8-12)22-10-20-14/h4-9,16-17H,1-3,10-11H2;4-9,14,20H,1-3,10-12H2;1-6H,7-10H2,(H,18,19);2-5,8-9H,1,6-7,10-11H2;1-6H,7-9H2,(H,17,18);1-4,7-8H,5-6,9-10H2/t16-,17-;;;;;/m1...../s1. The number of fused-ring (bicyclic) bond motifs is 12. The van der Waals surface area contributed by atoms with E-state index in [1.165, 1.54) is 5.56 Å². The minimum Gasteiger partial charge on any atom is -0.493 e. The molecule has 1 saturated carbocycles. The smallest absolute Gasteiger partial charge is 0.262 e. The zero-order valence-electron chi connectivity index (χ0n) is 76.3. The maximum Gasteiger partial charge on any atom is 0.262 e. The highest BCUT2D eigenvalue weighted by atomic mass is 16.8. The lowest BCUT2D eigenvalue weighted by molar-refractivity contribution is -0.123. The van der Waals surface area contributed by atoms with E-state index in [2.05, 4.69) is 10.6 Å². The Kier molecular flexibility index (Phi) is 29.4. The van der Waals surface area contributed by atoms with Crippen LogP contribution in [0.2, 0.25) is 0 Å². The van der Waals surface area contributed by atoms with Crippen LogP contribution in [0.4, 0.5) is 5.69 Å². The summed E-state index contributed by atoms with van der Waals surface area (Å²) >= 11 is 0. The number of benzene rings is 12. The predicted octanol–water partition coefficient (Wildman–Crippen LogP) is 16.0. The van der Waals surface area contributed by atoms with Crippen LogP contribution in [0, 0.1) is 0 Å². The summed E-state index contributed by atoms with van der Waals surface area (Å²) in [6.07, 6.45) is 5.67. The van der Waals surface area contributed by atoms with E-state index in [-0.39, 0.29) is 125 Å². The molecule has 0 aromatic heterocycles. The van der Waals surface area contributed by atoms with Crippen LogP contribution in [0.1, 0.15) is 49.7 Å². The average molecular weight is 1950 g/mol. The number of aliphatic hydroxyl groups excluding tert-OH is 1. The van der Waals surface area contributed by atoms with E-state index < -0.39 is 6.10 Å². The van der Waals surface area contributed by atoms with Gasteiger partial charge in [-0.2, -0.15) is 0 Å². The largest absolute Gasteiger partial charge is 0.493 e. The van der Waals surface area contributed by atoms with Crippen molar-refractivity contribution in [3.63, 3.8) is 0 Å². The van der Waals surface area contributed by atoms with Crippen molar-refractivity contribution in [2.24, 2.45) is 0 Å². The summed E-state index contributed by atoms with van der Waals surface area (Å²) in [5.74, 6) is 22.8. The van der Waals surface area contributed by atoms with Crippen LogP contribution in [0.25, 0.3) is 0 Å². The number of hydrogen-bond acceptors (Lipinski definition) is 36. The Balaban J connectivity index is 0.000000104. The van der Waals surface area contributed by atoms with Crippen molar-refractivity contribution in [2.45, 2.75) is 69.8 Å². The molecule has 2 amide bonds. The fourth-order valence-electron chi connectivity index (χ4n) is 15.6. The number of amides is 2. The number of aliphatic hydroxyl groups is 1. The van der Waals surface area contributed by atoms with Gasteiger partial charge >= 0.3 is 0 Å². The molecule has 38 heteroatoms. The zero-order valence-corrected chi connectivity index (χ0v) is 76.3. The summed E-state index contributed by atoms with van der Waals surface area (Å²) in [4.78, 5) is 23.9. The Bertz CT molecular complexity index is 6170. The highest BCUT2D eigenvalue weighted by molar-refractivity contribution is 5.92. The van der Waals surface area contributed by atoms with Gasteiger partial charge in [-0.3, -0.25) is 9.59 Å². The monoisotopic (exact) mass is 1950 g/mol. The molecular formula is C104H96N2O36. The highest BCUT2D eigenvalue weighted by Crippen LogP contribution is 2.46. The van der Waals surface area contributed by atoms with Crippen LogP contribution in [0.5, 0.6) is 190 Å². The maximum absolute atomic E-state index is 12.0. The van der Waals surface area contributed by atoms with Gasteiger partial charge in [0.1, 0.15) is 83.8 Å². The van der Waals surface area contributed by atoms with Crippen molar-refractivity contribution in [2.75, 3.05) is 133 Å². The molecule has 1 fully saturated rings.